The summed E-state index contributed by atoms with van der Waals surface area (Å²) in [5, 5.41) is 19.7. The fourth-order valence-electron chi connectivity index (χ4n) is 5.04. The highest BCUT2D eigenvalue weighted by molar-refractivity contribution is 5.91. The normalized spacial score (nSPS) is 15.2. The third kappa shape index (κ3) is 4.90. The van der Waals surface area contributed by atoms with Crippen molar-refractivity contribution < 1.29 is 9.53 Å². The van der Waals surface area contributed by atoms with Crippen molar-refractivity contribution in [2.24, 2.45) is 0 Å². The number of anilines is 3. The van der Waals surface area contributed by atoms with Gasteiger partial charge >= 0.3 is 6.09 Å². The largest absolute Gasteiger partial charge is 0.448 e. The second-order valence-electron chi connectivity index (χ2n) is 9.48. The number of ether oxygens (including phenoxy) is 1. The van der Waals surface area contributed by atoms with Crippen molar-refractivity contribution in [3.8, 4) is 0 Å². The lowest BCUT2D eigenvalue weighted by atomic mass is 10.2. The summed E-state index contributed by atoms with van der Waals surface area (Å²) in [6.45, 7) is 4.08. The molecule has 3 aromatic heterocycles. The molecule has 5 aromatic rings. The Kier molecular flexibility index (Phi) is 6.62. The highest BCUT2D eigenvalue weighted by atomic mass is 16.5. The van der Waals surface area contributed by atoms with Gasteiger partial charge in [0.2, 0.25) is 0 Å². The Morgan fingerprint density at radius 2 is 2.08 bits per heavy atom. The van der Waals surface area contributed by atoms with E-state index in [0.29, 0.717) is 31.1 Å². The molecule has 1 amide bonds. The van der Waals surface area contributed by atoms with E-state index in [1.807, 2.05) is 42.1 Å². The van der Waals surface area contributed by atoms with Crippen LogP contribution < -0.4 is 16.0 Å². The first-order valence-electron chi connectivity index (χ1n) is 13.0. The molecule has 0 aliphatic carbocycles. The van der Waals surface area contributed by atoms with Gasteiger partial charge in [0.25, 0.3) is 0 Å². The maximum Gasteiger partial charge on any atom is 0.411 e. The maximum atomic E-state index is 12.5. The molecule has 1 saturated heterocycles. The van der Waals surface area contributed by atoms with Gasteiger partial charge in [0, 0.05) is 22.7 Å². The number of aryl methyl sites for hydroxylation is 1. The van der Waals surface area contributed by atoms with Crippen LogP contribution in [0.2, 0.25) is 0 Å². The number of benzene rings is 2. The van der Waals surface area contributed by atoms with Crippen LogP contribution >= 0.6 is 0 Å². The Bertz CT molecular complexity index is 1570. The van der Waals surface area contributed by atoms with Crippen LogP contribution in [0.25, 0.3) is 16.4 Å². The average molecular weight is 511 g/mol. The number of carbonyl (C=O) groups is 1. The first-order chi connectivity index (χ1) is 18.7. The summed E-state index contributed by atoms with van der Waals surface area (Å²) in [5.74, 6) is 0.657. The molecule has 38 heavy (non-hydrogen) atoms. The number of hydrogen-bond donors (Lipinski definition) is 3. The molecule has 10 heteroatoms. The fraction of sp³-hybridized carbons (Fsp3) is 0.286. The van der Waals surface area contributed by atoms with Gasteiger partial charge in [0.15, 0.2) is 5.82 Å². The molecule has 0 spiro atoms. The Morgan fingerprint density at radius 1 is 1.18 bits per heavy atom. The molecule has 0 bridgehead atoms. The minimum atomic E-state index is -0.468. The second kappa shape index (κ2) is 10.5. The van der Waals surface area contributed by atoms with Crippen LogP contribution in [0.5, 0.6) is 0 Å². The molecule has 3 N–H and O–H groups in total. The van der Waals surface area contributed by atoms with Crippen molar-refractivity contribution in [2.75, 3.05) is 23.8 Å². The molecule has 1 atom stereocenters. The zero-order valence-electron chi connectivity index (χ0n) is 21.2. The number of aromatic nitrogens is 5. The van der Waals surface area contributed by atoms with Crippen molar-refractivity contribution in [1.29, 1.82) is 0 Å². The Hall–Kier alpha value is -4.44. The predicted molar refractivity (Wildman–Crippen MR) is 147 cm³/mol. The Labute approximate surface area is 220 Å². The maximum absolute atomic E-state index is 12.5. The van der Waals surface area contributed by atoms with E-state index in [2.05, 4.69) is 55.4 Å². The van der Waals surface area contributed by atoms with Crippen LogP contribution in [0.3, 0.4) is 0 Å². The Morgan fingerprint density at radius 3 is 2.89 bits per heavy atom. The third-order valence-electron chi connectivity index (χ3n) is 6.93. The molecule has 10 nitrogen and oxygen atoms in total. The topological polar surface area (TPSA) is 110 Å². The zero-order chi connectivity index (χ0) is 25.9. The smallest absolute Gasteiger partial charge is 0.411 e. The first-order valence-corrected chi connectivity index (χ1v) is 13.0. The van der Waals surface area contributed by atoms with Gasteiger partial charge in [-0.2, -0.15) is 10.2 Å². The van der Waals surface area contributed by atoms with Gasteiger partial charge in [-0.05, 0) is 49.6 Å². The molecule has 1 fully saturated rings. The molecule has 0 saturated carbocycles. The lowest BCUT2D eigenvalue weighted by Gasteiger charge is -2.12. The molecule has 2 aromatic carbocycles. The lowest BCUT2D eigenvalue weighted by Crippen LogP contribution is -2.29. The van der Waals surface area contributed by atoms with E-state index in [9.17, 15) is 4.79 Å². The van der Waals surface area contributed by atoms with Crippen molar-refractivity contribution in [3.05, 3.63) is 78.4 Å². The third-order valence-corrected chi connectivity index (χ3v) is 6.93. The van der Waals surface area contributed by atoms with Gasteiger partial charge in [-0.1, -0.05) is 37.3 Å². The van der Waals surface area contributed by atoms with E-state index in [4.69, 9.17) is 4.74 Å². The number of amides is 1. The summed E-state index contributed by atoms with van der Waals surface area (Å²) in [6, 6.07) is 16.7. The van der Waals surface area contributed by atoms with Crippen LogP contribution in [0.4, 0.5) is 22.0 Å². The van der Waals surface area contributed by atoms with Crippen LogP contribution in [-0.4, -0.2) is 49.7 Å². The molecule has 1 aliphatic heterocycles. The van der Waals surface area contributed by atoms with Crippen LogP contribution in [0.1, 0.15) is 30.9 Å². The number of nitrogens with zero attached hydrogens (tertiary/aromatic N) is 5. The van der Waals surface area contributed by atoms with E-state index in [-0.39, 0.29) is 6.04 Å². The molecule has 6 rings (SSSR count). The van der Waals surface area contributed by atoms with Gasteiger partial charge < -0.3 is 15.4 Å². The van der Waals surface area contributed by atoms with Crippen molar-refractivity contribution in [1.82, 2.24) is 29.7 Å². The summed E-state index contributed by atoms with van der Waals surface area (Å²) in [5.41, 5.74) is 5.55. The van der Waals surface area contributed by atoms with Crippen molar-refractivity contribution in [2.45, 2.75) is 38.8 Å². The lowest BCUT2D eigenvalue weighted by molar-refractivity contribution is 0.151. The summed E-state index contributed by atoms with van der Waals surface area (Å²) in [7, 11) is 0. The predicted octanol–water partition coefficient (Wildman–Crippen LogP) is 4.73. The summed E-state index contributed by atoms with van der Waals surface area (Å²) in [6.07, 6.45) is 7.52. The van der Waals surface area contributed by atoms with E-state index in [1.165, 1.54) is 11.9 Å². The summed E-state index contributed by atoms with van der Waals surface area (Å²) in [4.78, 5) is 17.0. The fourth-order valence-corrected chi connectivity index (χ4v) is 5.04. The van der Waals surface area contributed by atoms with E-state index >= 15 is 0 Å². The quantitative estimate of drug-likeness (QED) is 0.277. The van der Waals surface area contributed by atoms with Gasteiger partial charge in [-0.15, -0.1) is 0 Å². The number of carbonyl (C=O) groups excluding carboxylic acids is 1. The standard InChI is InChI=1S/C28H30N8O2/c1-2-23-24(34-28(37)38-17-22-9-6-12-29-22)16-36-26(23)27(30-18-32-36)33-21-10-11-25-20(13-21)14-31-35(25)15-19-7-4-3-5-8-19/h3-5,7-8,10-11,13-14,16,18,22,29H,2,6,9,12,15,17H2,1H3,(H,34,37)(H,30,32,33)/t22-/m0/s1. The summed E-state index contributed by atoms with van der Waals surface area (Å²) >= 11 is 0. The monoisotopic (exact) mass is 510 g/mol. The number of nitrogens with one attached hydrogen (secondary N) is 3. The van der Waals surface area contributed by atoms with Crippen LogP contribution in [0.15, 0.2) is 67.3 Å². The first kappa shape index (κ1) is 23.9. The number of fused-ring (bicyclic) bond motifs is 2. The number of hydrogen-bond acceptors (Lipinski definition) is 7. The van der Waals surface area contributed by atoms with Gasteiger partial charge in [-0.25, -0.2) is 14.3 Å². The SMILES string of the molecule is CCc1c(NC(=O)OC[C@@H]2CCCN2)cn2ncnc(Nc3ccc4c(cnn4Cc4ccccc4)c3)c12. The molecule has 0 radical (unpaired) electrons. The highest BCUT2D eigenvalue weighted by Gasteiger charge is 2.19. The molecular weight excluding hydrogens is 480 g/mol. The highest BCUT2D eigenvalue weighted by Crippen LogP contribution is 2.30. The minimum Gasteiger partial charge on any atom is -0.448 e. The van der Waals surface area contributed by atoms with Crippen molar-refractivity contribution >= 4 is 39.7 Å². The van der Waals surface area contributed by atoms with Crippen LogP contribution in [0, 0.1) is 0 Å². The molecular formula is C28H30N8O2. The zero-order valence-corrected chi connectivity index (χ0v) is 21.2. The second-order valence-corrected chi connectivity index (χ2v) is 9.48. The van der Waals surface area contributed by atoms with E-state index < -0.39 is 6.09 Å². The average Bonchev–Trinajstić information content (AvgIpc) is 3.67. The minimum absolute atomic E-state index is 0.226. The van der Waals surface area contributed by atoms with Gasteiger partial charge in [0.05, 0.1) is 30.1 Å². The van der Waals surface area contributed by atoms with E-state index in [0.717, 1.165) is 47.1 Å². The molecule has 4 heterocycles. The van der Waals surface area contributed by atoms with E-state index in [1.54, 1.807) is 10.7 Å². The number of rotatable bonds is 8. The van der Waals surface area contributed by atoms with Crippen LogP contribution in [-0.2, 0) is 17.7 Å². The van der Waals surface area contributed by atoms with Gasteiger partial charge in [0.1, 0.15) is 18.5 Å². The molecule has 0 unspecified atom stereocenters. The molecule has 194 valence electrons. The molecule has 1 aliphatic rings. The summed E-state index contributed by atoms with van der Waals surface area (Å²) < 4.78 is 9.18. The Balaban J connectivity index is 1.22. The van der Waals surface area contributed by atoms with Gasteiger partial charge in [-0.3, -0.25) is 10.00 Å². The van der Waals surface area contributed by atoms with Crippen molar-refractivity contribution in [3.63, 3.8) is 0 Å².